The number of thiocarbonyl (C=S) groups is 1. The van der Waals surface area contributed by atoms with Crippen LogP contribution in [0.2, 0.25) is 5.02 Å². The summed E-state index contributed by atoms with van der Waals surface area (Å²) in [5.74, 6) is 2.39. The van der Waals surface area contributed by atoms with Crippen molar-refractivity contribution in [1.29, 1.82) is 0 Å². The average molecular weight is 588 g/mol. The minimum absolute atomic E-state index is 0.00405. The van der Waals surface area contributed by atoms with Gasteiger partial charge in [0.1, 0.15) is 17.6 Å². The molecule has 1 N–H and O–H groups in total. The minimum Gasteiger partial charge on any atom is -0.459 e. The first kappa shape index (κ1) is 27.2. The number of benzene rings is 2. The van der Waals surface area contributed by atoms with Crippen LogP contribution in [0, 0.1) is 22.0 Å². The van der Waals surface area contributed by atoms with Crippen LogP contribution in [-0.4, -0.2) is 28.1 Å². The maximum Gasteiger partial charge on any atom is 0.270 e. The Morgan fingerprint density at radius 1 is 1.05 bits per heavy atom. The molecule has 0 radical (unpaired) electrons. The van der Waals surface area contributed by atoms with Gasteiger partial charge in [0.25, 0.3) is 5.69 Å². The van der Waals surface area contributed by atoms with Crippen molar-refractivity contribution in [3.05, 3.63) is 106 Å². The fourth-order valence-electron chi connectivity index (χ4n) is 6.12. The molecule has 0 spiro atoms. The van der Waals surface area contributed by atoms with E-state index in [0.29, 0.717) is 39.1 Å². The van der Waals surface area contributed by atoms with Crippen molar-refractivity contribution in [2.45, 2.75) is 32.4 Å². The van der Waals surface area contributed by atoms with Crippen LogP contribution in [0.1, 0.15) is 43.8 Å². The number of nitrogens with one attached hydrogen (secondary N) is 1. The lowest BCUT2D eigenvalue weighted by Crippen LogP contribution is -2.38. The summed E-state index contributed by atoms with van der Waals surface area (Å²) in [6.07, 6.45) is 2.97. The molecule has 0 unspecified atom stereocenters. The molecule has 2 aromatic heterocycles. The molecule has 0 aliphatic carbocycles. The van der Waals surface area contributed by atoms with E-state index in [4.69, 9.17) is 28.2 Å². The number of non-ortho nitro benzene ring substituents is 1. The average Bonchev–Trinajstić information content (AvgIpc) is 3.57. The van der Waals surface area contributed by atoms with E-state index in [1.165, 1.54) is 18.6 Å². The van der Waals surface area contributed by atoms with Crippen molar-refractivity contribution in [3.63, 3.8) is 0 Å². The van der Waals surface area contributed by atoms with Gasteiger partial charge in [-0.1, -0.05) is 43.6 Å². The van der Waals surface area contributed by atoms with Gasteiger partial charge < -0.3 is 19.5 Å². The molecule has 6 rings (SSSR count). The Hall–Kier alpha value is -3.95. The molecule has 2 aromatic carbocycles. The number of aromatic nitrogens is 1. The summed E-state index contributed by atoms with van der Waals surface area (Å²) in [6, 6.07) is 21.3. The maximum absolute atomic E-state index is 11.3. The monoisotopic (exact) mass is 587 g/mol. The van der Waals surface area contributed by atoms with Gasteiger partial charge in [0.15, 0.2) is 5.11 Å². The molecule has 8 nitrogen and oxygen atoms in total. The van der Waals surface area contributed by atoms with Gasteiger partial charge in [0, 0.05) is 42.7 Å². The highest BCUT2D eigenvalue weighted by atomic mass is 35.5. The lowest BCUT2D eigenvalue weighted by Gasteiger charge is -2.37. The Labute approximate surface area is 249 Å². The summed E-state index contributed by atoms with van der Waals surface area (Å²) in [5.41, 5.74) is 3.30. The first-order valence-electron chi connectivity index (χ1n) is 13.7. The van der Waals surface area contributed by atoms with E-state index in [0.717, 1.165) is 30.2 Å². The Balaban J connectivity index is 1.38. The molecule has 2 aliphatic heterocycles. The third-order valence-electron chi connectivity index (χ3n) is 7.78. The van der Waals surface area contributed by atoms with E-state index in [2.05, 4.69) is 41.2 Å². The van der Waals surface area contributed by atoms with E-state index < -0.39 is 4.92 Å². The van der Waals surface area contributed by atoms with Crippen LogP contribution >= 0.6 is 23.8 Å². The van der Waals surface area contributed by atoms with Crippen LogP contribution in [0.25, 0.3) is 11.3 Å². The molecule has 4 heterocycles. The number of rotatable bonds is 6. The number of hydrogen-bond donors (Lipinski definition) is 1. The van der Waals surface area contributed by atoms with Crippen LogP contribution < -0.4 is 15.1 Å². The van der Waals surface area contributed by atoms with Crippen molar-refractivity contribution in [2.24, 2.45) is 11.8 Å². The van der Waals surface area contributed by atoms with E-state index in [9.17, 15) is 10.1 Å². The van der Waals surface area contributed by atoms with E-state index >= 15 is 0 Å². The summed E-state index contributed by atoms with van der Waals surface area (Å²) >= 11 is 12.8. The fourth-order valence-corrected chi connectivity index (χ4v) is 6.76. The molecule has 2 fully saturated rings. The normalized spacial score (nSPS) is 22.6. The lowest BCUT2D eigenvalue weighted by atomic mass is 9.91. The summed E-state index contributed by atoms with van der Waals surface area (Å²) in [5, 5.41) is 16.0. The number of nitro benzene ring substituents is 1. The van der Waals surface area contributed by atoms with Gasteiger partial charge in [-0.3, -0.25) is 15.1 Å². The molecule has 0 saturated carbocycles. The van der Waals surface area contributed by atoms with Crippen molar-refractivity contribution in [1.82, 2.24) is 10.3 Å². The Morgan fingerprint density at radius 2 is 1.85 bits per heavy atom. The van der Waals surface area contributed by atoms with Crippen LogP contribution in [0.3, 0.4) is 0 Å². The van der Waals surface area contributed by atoms with E-state index in [1.807, 2.05) is 41.3 Å². The SMILES string of the molecule is C[C@@H]1C[C@@H](C)CN(c2ccc(N3C(=S)N[C@@H](c4ccccn4)[C@@H]3c3ccc(-c4cccc([N+](=O)[O-])c4)o3)cc2Cl)C1. The zero-order valence-corrected chi connectivity index (χ0v) is 24.3. The molecule has 2 saturated heterocycles. The third kappa shape index (κ3) is 5.39. The largest absolute Gasteiger partial charge is 0.459 e. The van der Waals surface area contributed by atoms with Gasteiger partial charge in [-0.15, -0.1) is 0 Å². The summed E-state index contributed by atoms with van der Waals surface area (Å²) in [7, 11) is 0. The molecule has 0 bridgehead atoms. The molecule has 4 atom stereocenters. The van der Waals surface area contributed by atoms with Gasteiger partial charge in [-0.2, -0.15) is 0 Å². The van der Waals surface area contributed by atoms with Gasteiger partial charge in [-0.25, -0.2) is 0 Å². The topological polar surface area (TPSA) is 87.7 Å². The molecule has 0 amide bonds. The molecule has 41 heavy (non-hydrogen) atoms. The van der Waals surface area contributed by atoms with Gasteiger partial charge >= 0.3 is 0 Å². The Morgan fingerprint density at radius 3 is 2.56 bits per heavy atom. The predicted octanol–water partition coefficient (Wildman–Crippen LogP) is 7.56. The minimum atomic E-state index is -0.413. The second-order valence-corrected chi connectivity index (χ2v) is 11.8. The number of halogens is 1. The number of furan rings is 1. The van der Waals surface area contributed by atoms with Crippen LogP contribution in [-0.2, 0) is 0 Å². The van der Waals surface area contributed by atoms with Crippen LogP contribution in [0.5, 0.6) is 0 Å². The highest BCUT2D eigenvalue weighted by Gasteiger charge is 2.43. The second kappa shape index (κ2) is 11.1. The second-order valence-electron chi connectivity index (χ2n) is 11.0. The number of anilines is 2. The van der Waals surface area contributed by atoms with Crippen molar-refractivity contribution in [2.75, 3.05) is 22.9 Å². The zero-order valence-electron chi connectivity index (χ0n) is 22.7. The molecular formula is C31H30ClN5O3S. The molecule has 210 valence electrons. The lowest BCUT2D eigenvalue weighted by molar-refractivity contribution is -0.384. The van der Waals surface area contributed by atoms with Gasteiger partial charge in [0.05, 0.1) is 27.4 Å². The number of nitrogens with zero attached hydrogens (tertiary/aromatic N) is 4. The Kier molecular flexibility index (Phi) is 7.40. The van der Waals surface area contributed by atoms with Crippen molar-refractivity contribution >= 4 is 46.0 Å². The third-order valence-corrected chi connectivity index (χ3v) is 8.39. The quantitative estimate of drug-likeness (QED) is 0.140. The maximum atomic E-state index is 11.3. The van der Waals surface area contributed by atoms with E-state index in [-0.39, 0.29) is 17.8 Å². The van der Waals surface area contributed by atoms with E-state index in [1.54, 1.807) is 18.3 Å². The van der Waals surface area contributed by atoms with Crippen LogP contribution in [0.4, 0.5) is 17.1 Å². The molecule has 2 aliphatic rings. The molecular weight excluding hydrogens is 558 g/mol. The first-order chi connectivity index (χ1) is 19.8. The summed E-state index contributed by atoms with van der Waals surface area (Å²) < 4.78 is 6.38. The number of nitro groups is 1. The zero-order chi connectivity index (χ0) is 28.7. The first-order valence-corrected chi connectivity index (χ1v) is 14.5. The van der Waals surface area contributed by atoms with Gasteiger partial charge in [0.2, 0.25) is 0 Å². The number of piperidine rings is 1. The van der Waals surface area contributed by atoms with Gasteiger partial charge in [-0.05, 0) is 72.9 Å². The smallest absolute Gasteiger partial charge is 0.270 e. The summed E-state index contributed by atoms with van der Waals surface area (Å²) in [4.78, 5) is 19.9. The fraction of sp³-hybridized carbons (Fsp3) is 0.290. The molecule has 10 heteroatoms. The Bertz CT molecular complexity index is 1590. The van der Waals surface area contributed by atoms with Crippen molar-refractivity contribution < 1.29 is 9.34 Å². The summed E-state index contributed by atoms with van der Waals surface area (Å²) in [6.45, 7) is 6.52. The highest BCUT2D eigenvalue weighted by Crippen LogP contribution is 2.44. The standard InChI is InChI=1S/C31H30ClN5O3S/c1-19-14-20(2)18-35(17-19)26-10-9-22(16-24(26)32)36-30(29(34-31(36)41)25-8-3-4-13-33-25)28-12-11-27(40-28)21-6-5-7-23(15-21)37(38)39/h3-13,15-16,19-20,29-30H,14,17-18H2,1-2H3,(H,34,41)/t19-,20-,29+,30+/m1/s1. The molecule has 4 aromatic rings. The van der Waals surface area contributed by atoms with Crippen LogP contribution in [0.15, 0.2) is 83.4 Å². The van der Waals surface area contributed by atoms with Crippen molar-refractivity contribution in [3.8, 4) is 11.3 Å². The number of hydrogen-bond acceptors (Lipinski definition) is 6. The predicted molar refractivity (Wildman–Crippen MR) is 165 cm³/mol. The number of pyridine rings is 1. The highest BCUT2D eigenvalue weighted by molar-refractivity contribution is 7.80.